The van der Waals surface area contributed by atoms with E-state index < -0.39 is 10.0 Å². The monoisotopic (exact) mass is 366 g/mol. The highest BCUT2D eigenvalue weighted by Crippen LogP contribution is 2.31. The van der Waals surface area contributed by atoms with E-state index in [-0.39, 0.29) is 4.90 Å². The van der Waals surface area contributed by atoms with Crippen LogP contribution in [0.1, 0.15) is 58.3 Å². The van der Waals surface area contributed by atoms with Crippen molar-refractivity contribution < 1.29 is 13.2 Å². The predicted molar refractivity (Wildman–Crippen MR) is 102 cm³/mol. The minimum absolute atomic E-state index is 0.141. The molecule has 0 spiro atoms. The molecule has 0 bridgehead atoms. The lowest BCUT2D eigenvalue weighted by Gasteiger charge is -2.09. The van der Waals surface area contributed by atoms with E-state index in [2.05, 4.69) is 6.92 Å². The van der Waals surface area contributed by atoms with Gasteiger partial charge >= 0.3 is 0 Å². The van der Waals surface area contributed by atoms with Gasteiger partial charge in [0.15, 0.2) is 0 Å². The van der Waals surface area contributed by atoms with Gasteiger partial charge in [-0.1, -0.05) is 64.0 Å². The molecule has 2 N–H and O–H groups in total. The highest BCUT2D eigenvalue weighted by molar-refractivity contribution is 7.89. The Bertz CT molecular complexity index is 781. The fraction of sp³-hybridized carbons (Fsp3) is 0.579. The number of para-hydroxylation sites is 1. The summed E-state index contributed by atoms with van der Waals surface area (Å²) in [6.07, 6.45) is 11.6. The van der Waals surface area contributed by atoms with Crippen molar-refractivity contribution in [2.45, 2.75) is 63.2 Å². The first kappa shape index (κ1) is 19.8. The van der Waals surface area contributed by atoms with Crippen LogP contribution in [0.4, 0.5) is 0 Å². The predicted octanol–water partition coefficient (Wildman–Crippen LogP) is 4.35. The Morgan fingerprint density at radius 3 is 2.32 bits per heavy atom. The average Bonchev–Trinajstić information content (AvgIpc) is 2.91. The number of hydrogen-bond donors (Lipinski definition) is 1. The number of aromatic nitrogens is 1. The summed E-state index contributed by atoms with van der Waals surface area (Å²) in [5.41, 5.74) is 0.770. The largest absolute Gasteiger partial charge is 0.491 e. The van der Waals surface area contributed by atoms with Crippen LogP contribution >= 0.6 is 0 Å². The fourth-order valence-corrected chi connectivity index (χ4v) is 3.93. The van der Waals surface area contributed by atoms with E-state index in [0.29, 0.717) is 17.7 Å². The number of rotatable bonds is 11. The third-order valence-corrected chi connectivity index (χ3v) is 5.43. The van der Waals surface area contributed by atoms with Gasteiger partial charge in [0, 0.05) is 18.6 Å². The molecule has 2 aromatic rings. The maximum Gasteiger partial charge on any atom is 0.240 e. The van der Waals surface area contributed by atoms with Gasteiger partial charge in [-0.25, -0.2) is 13.6 Å². The highest BCUT2D eigenvalue weighted by atomic mass is 32.2. The molecule has 0 aliphatic carbocycles. The zero-order valence-corrected chi connectivity index (χ0v) is 16.1. The van der Waals surface area contributed by atoms with Crippen LogP contribution in [-0.2, 0) is 17.1 Å². The van der Waals surface area contributed by atoms with E-state index >= 15 is 0 Å². The zero-order valence-electron chi connectivity index (χ0n) is 15.3. The molecule has 0 unspecified atom stereocenters. The minimum atomic E-state index is -3.74. The van der Waals surface area contributed by atoms with Gasteiger partial charge in [0.25, 0.3) is 0 Å². The number of primary sulfonamides is 1. The minimum Gasteiger partial charge on any atom is -0.491 e. The number of ether oxygens (including phenoxy) is 1. The molecule has 0 atom stereocenters. The van der Waals surface area contributed by atoms with E-state index in [0.717, 1.165) is 18.4 Å². The van der Waals surface area contributed by atoms with Crippen LogP contribution < -0.4 is 9.88 Å². The lowest BCUT2D eigenvalue weighted by molar-refractivity contribution is 0.306. The van der Waals surface area contributed by atoms with E-state index in [9.17, 15) is 8.42 Å². The molecule has 0 fully saturated rings. The first-order chi connectivity index (χ1) is 11.9. The normalized spacial score (nSPS) is 12.0. The Labute approximate surface area is 151 Å². The molecule has 1 aromatic heterocycles. The summed E-state index contributed by atoms with van der Waals surface area (Å²) in [4.78, 5) is 0.141. The Morgan fingerprint density at radius 1 is 1.04 bits per heavy atom. The molecular formula is C19H30N2O3S. The molecule has 0 saturated carbocycles. The van der Waals surface area contributed by atoms with Crippen LogP contribution in [0.3, 0.4) is 0 Å². The smallest absolute Gasteiger partial charge is 0.240 e. The lowest BCUT2D eigenvalue weighted by atomic mass is 10.1. The number of sulfonamides is 1. The number of nitrogens with zero attached hydrogens (tertiary/aromatic N) is 1. The number of aryl methyl sites for hydroxylation is 1. The maximum atomic E-state index is 11.7. The second-order valence-electron chi connectivity index (χ2n) is 6.62. The third kappa shape index (κ3) is 5.47. The van der Waals surface area contributed by atoms with Crippen molar-refractivity contribution in [1.82, 2.24) is 4.57 Å². The number of nitrogens with two attached hydrogens (primary N) is 1. The first-order valence-electron chi connectivity index (χ1n) is 9.18. The van der Waals surface area contributed by atoms with Gasteiger partial charge in [-0.15, -0.1) is 0 Å². The van der Waals surface area contributed by atoms with Crippen molar-refractivity contribution in [3.8, 4) is 5.75 Å². The molecule has 0 saturated heterocycles. The van der Waals surface area contributed by atoms with Crippen LogP contribution in [0.25, 0.3) is 10.9 Å². The molecule has 6 heteroatoms. The van der Waals surface area contributed by atoms with Crippen LogP contribution in [0.5, 0.6) is 5.75 Å². The van der Waals surface area contributed by atoms with Gasteiger partial charge < -0.3 is 9.30 Å². The summed E-state index contributed by atoms with van der Waals surface area (Å²) in [5.74, 6) is 0.706. The number of benzene rings is 1. The molecule has 25 heavy (non-hydrogen) atoms. The molecule has 0 aliphatic rings. The summed E-state index contributed by atoms with van der Waals surface area (Å²) < 4.78 is 31.1. The molecule has 5 nitrogen and oxygen atoms in total. The van der Waals surface area contributed by atoms with Gasteiger partial charge in [-0.3, -0.25) is 0 Å². The number of fused-ring (bicyclic) bond motifs is 1. The van der Waals surface area contributed by atoms with Gasteiger partial charge in [-0.2, -0.15) is 0 Å². The molecule has 0 aliphatic heterocycles. The molecule has 0 amide bonds. The summed E-state index contributed by atoms with van der Waals surface area (Å²) in [6, 6.07) is 5.44. The summed E-state index contributed by atoms with van der Waals surface area (Å²) in [6.45, 7) is 2.88. The lowest BCUT2D eigenvalue weighted by Crippen LogP contribution is -2.11. The van der Waals surface area contributed by atoms with Crippen LogP contribution in [0.2, 0.25) is 0 Å². The first-order valence-corrected chi connectivity index (χ1v) is 10.7. The van der Waals surface area contributed by atoms with Crippen molar-refractivity contribution in [1.29, 1.82) is 0 Å². The Morgan fingerprint density at radius 2 is 1.68 bits per heavy atom. The highest BCUT2D eigenvalue weighted by Gasteiger charge is 2.18. The van der Waals surface area contributed by atoms with Crippen molar-refractivity contribution in [3.05, 3.63) is 24.4 Å². The van der Waals surface area contributed by atoms with Gasteiger partial charge in [0.2, 0.25) is 10.0 Å². The van der Waals surface area contributed by atoms with E-state index in [4.69, 9.17) is 9.88 Å². The third-order valence-electron chi connectivity index (χ3n) is 4.49. The Balaban J connectivity index is 1.89. The van der Waals surface area contributed by atoms with Gasteiger partial charge in [0.1, 0.15) is 10.6 Å². The summed E-state index contributed by atoms with van der Waals surface area (Å²) in [7, 11) is -1.94. The van der Waals surface area contributed by atoms with Crippen molar-refractivity contribution in [2.24, 2.45) is 12.2 Å². The number of hydrogen-bond acceptors (Lipinski definition) is 3. The molecular weight excluding hydrogens is 336 g/mol. The van der Waals surface area contributed by atoms with Crippen LogP contribution in [0.15, 0.2) is 29.3 Å². The molecule has 1 aromatic carbocycles. The summed E-state index contributed by atoms with van der Waals surface area (Å²) in [5, 5.41) is 5.91. The van der Waals surface area contributed by atoms with Crippen LogP contribution in [0, 0.1) is 0 Å². The van der Waals surface area contributed by atoms with E-state index in [1.165, 1.54) is 38.5 Å². The number of unbranched alkanes of at least 4 members (excludes halogenated alkanes) is 7. The zero-order chi connectivity index (χ0) is 18.3. The Hall–Kier alpha value is -1.53. The SMILES string of the molecule is CCCCCCCCCCOc1cccc2c(S(N)(=O)=O)cn(C)c12. The van der Waals surface area contributed by atoms with Gasteiger partial charge in [0.05, 0.1) is 12.1 Å². The Kier molecular flexibility index (Phi) is 7.32. The second-order valence-corrected chi connectivity index (χ2v) is 8.15. The topological polar surface area (TPSA) is 74.3 Å². The second kappa shape index (κ2) is 9.25. The van der Waals surface area contributed by atoms with Crippen molar-refractivity contribution in [2.75, 3.05) is 6.61 Å². The molecule has 2 rings (SSSR count). The van der Waals surface area contributed by atoms with Crippen molar-refractivity contribution in [3.63, 3.8) is 0 Å². The standard InChI is InChI=1S/C19H30N2O3S/c1-3-4-5-6-7-8-9-10-14-24-17-13-11-12-16-18(25(20,22)23)15-21(2)19(16)17/h11-13,15H,3-10,14H2,1-2H3,(H2,20,22,23). The molecule has 140 valence electrons. The maximum absolute atomic E-state index is 11.7. The van der Waals surface area contributed by atoms with Crippen LogP contribution in [-0.4, -0.2) is 19.6 Å². The quantitative estimate of drug-likeness (QED) is 0.601. The van der Waals surface area contributed by atoms with Crippen molar-refractivity contribution >= 4 is 20.9 Å². The summed E-state index contributed by atoms with van der Waals surface area (Å²) >= 11 is 0. The van der Waals surface area contributed by atoms with E-state index in [1.54, 1.807) is 29.9 Å². The molecule has 1 heterocycles. The average molecular weight is 367 g/mol. The van der Waals surface area contributed by atoms with E-state index in [1.807, 2.05) is 6.07 Å². The fourth-order valence-electron chi connectivity index (χ4n) is 3.16. The van der Waals surface area contributed by atoms with Gasteiger partial charge in [-0.05, 0) is 12.5 Å². The molecule has 0 radical (unpaired) electrons.